The Bertz CT molecular complexity index is 391. The maximum absolute atomic E-state index is 11.7. The predicted molar refractivity (Wildman–Crippen MR) is 72.4 cm³/mol. The molecule has 0 saturated heterocycles. The van der Waals surface area contributed by atoms with Gasteiger partial charge in [-0.25, -0.2) is 0 Å². The van der Waals surface area contributed by atoms with Crippen LogP contribution in [0.5, 0.6) is 0 Å². The lowest BCUT2D eigenvalue weighted by Crippen LogP contribution is -2.54. The zero-order chi connectivity index (χ0) is 15.9. The number of rotatable bonds is 7. The first-order valence-electron chi connectivity index (χ1n) is 6.32. The number of likely N-dealkylation sites (N-methyl/N-ethyl adjacent to an activating group) is 1. The number of nitrogens with two attached hydrogens (primary N) is 1. The smallest absolute Gasteiger partial charge is 0.254 e. The van der Waals surface area contributed by atoms with Crippen LogP contribution in [0.2, 0.25) is 0 Å². The Kier molecular flexibility index (Phi) is 7.27. The summed E-state index contributed by atoms with van der Waals surface area (Å²) in [6.07, 6.45) is -0.424. The fraction of sp³-hybridized carbons (Fsp3) is 0.667. The van der Waals surface area contributed by atoms with Gasteiger partial charge in [-0.1, -0.05) is 0 Å². The highest BCUT2D eigenvalue weighted by atomic mass is 16.2. The fourth-order valence-electron chi connectivity index (χ4n) is 1.55. The lowest BCUT2D eigenvalue weighted by atomic mass is 10.2. The van der Waals surface area contributed by atoms with Gasteiger partial charge < -0.3 is 20.9 Å². The maximum atomic E-state index is 11.7. The molecule has 1 unspecified atom stereocenters. The number of nitrogens with one attached hydrogen (secondary N) is 1. The van der Waals surface area contributed by atoms with Gasteiger partial charge in [-0.2, -0.15) is 0 Å². The molecule has 0 aliphatic carbocycles. The van der Waals surface area contributed by atoms with E-state index in [0.717, 1.165) is 4.90 Å². The van der Waals surface area contributed by atoms with E-state index in [0.29, 0.717) is 13.1 Å². The van der Waals surface area contributed by atoms with E-state index < -0.39 is 30.2 Å². The van der Waals surface area contributed by atoms with Crippen LogP contribution in [0.15, 0.2) is 0 Å². The Morgan fingerprint density at radius 1 is 1.10 bits per heavy atom. The van der Waals surface area contributed by atoms with E-state index in [1.165, 1.54) is 19.0 Å². The number of hydrogen-bond acceptors (Lipinski definition) is 4. The molecule has 8 heteroatoms. The monoisotopic (exact) mass is 286 g/mol. The largest absolute Gasteiger partial charge is 0.367 e. The first-order chi connectivity index (χ1) is 9.24. The van der Waals surface area contributed by atoms with Crippen molar-refractivity contribution < 1.29 is 19.2 Å². The molecule has 0 aliphatic rings. The van der Waals surface area contributed by atoms with Crippen LogP contribution in [-0.4, -0.2) is 66.7 Å². The Labute approximate surface area is 118 Å². The standard InChI is InChI=1S/C12H22N4O4/c1-5-16(6-2)9(18)7-8(17)14-10(11(13)19)12(20)15(3)4/h10H,5-7H2,1-4H3,(H2,13,19)(H,14,17). The van der Waals surface area contributed by atoms with Crippen molar-refractivity contribution in [3.8, 4) is 0 Å². The number of nitrogens with zero attached hydrogens (tertiary/aromatic N) is 2. The highest BCUT2D eigenvalue weighted by Gasteiger charge is 2.28. The van der Waals surface area contributed by atoms with Crippen LogP contribution in [0, 0.1) is 0 Å². The summed E-state index contributed by atoms with van der Waals surface area (Å²) < 4.78 is 0. The third-order valence-corrected chi connectivity index (χ3v) is 2.71. The number of hydrogen-bond donors (Lipinski definition) is 2. The SMILES string of the molecule is CCN(CC)C(=O)CC(=O)NC(C(N)=O)C(=O)N(C)C. The molecule has 0 aliphatic heterocycles. The molecule has 0 radical (unpaired) electrons. The van der Waals surface area contributed by atoms with Crippen LogP contribution in [0.25, 0.3) is 0 Å². The van der Waals surface area contributed by atoms with Gasteiger partial charge in [0, 0.05) is 27.2 Å². The topological polar surface area (TPSA) is 113 Å². The summed E-state index contributed by atoms with van der Waals surface area (Å²) in [4.78, 5) is 48.9. The first-order valence-corrected chi connectivity index (χ1v) is 6.32. The molecule has 20 heavy (non-hydrogen) atoms. The molecule has 8 nitrogen and oxygen atoms in total. The minimum Gasteiger partial charge on any atom is -0.367 e. The molecular formula is C12H22N4O4. The summed E-state index contributed by atoms with van der Waals surface area (Å²) in [5.41, 5.74) is 5.07. The third-order valence-electron chi connectivity index (χ3n) is 2.71. The quantitative estimate of drug-likeness (QED) is 0.543. The van der Waals surface area contributed by atoms with E-state index >= 15 is 0 Å². The van der Waals surface area contributed by atoms with Crippen molar-refractivity contribution in [3.05, 3.63) is 0 Å². The maximum Gasteiger partial charge on any atom is 0.254 e. The molecule has 0 saturated carbocycles. The van der Waals surface area contributed by atoms with Crippen molar-refractivity contribution in [2.75, 3.05) is 27.2 Å². The van der Waals surface area contributed by atoms with Crippen LogP contribution in [0.3, 0.4) is 0 Å². The van der Waals surface area contributed by atoms with E-state index in [2.05, 4.69) is 5.32 Å². The molecule has 0 aromatic heterocycles. The molecule has 3 N–H and O–H groups in total. The van der Waals surface area contributed by atoms with Crippen LogP contribution < -0.4 is 11.1 Å². The Hall–Kier alpha value is -2.12. The van der Waals surface area contributed by atoms with Crippen LogP contribution in [-0.2, 0) is 19.2 Å². The Balaban J connectivity index is 4.67. The zero-order valence-corrected chi connectivity index (χ0v) is 12.3. The molecule has 0 rings (SSSR count). The summed E-state index contributed by atoms with van der Waals surface area (Å²) in [5.74, 6) is -2.68. The fourth-order valence-corrected chi connectivity index (χ4v) is 1.55. The first kappa shape index (κ1) is 17.9. The number of carbonyl (C=O) groups excluding carboxylic acids is 4. The second-order valence-corrected chi connectivity index (χ2v) is 4.38. The molecule has 4 amide bonds. The Morgan fingerprint density at radius 2 is 1.60 bits per heavy atom. The summed E-state index contributed by atoms with van der Waals surface area (Å²) in [6, 6.07) is -1.46. The lowest BCUT2D eigenvalue weighted by molar-refractivity contribution is -0.142. The minimum absolute atomic E-state index is 0.368. The normalized spacial score (nSPS) is 11.4. The molecule has 0 fully saturated rings. The molecule has 1 atom stereocenters. The molecule has 0 bridgehead atoms. The van der Waals surface area contributed by atoms with Gasteiger partial charge in [-0.3, -0.25) is 19.2 Å². The zero-order valence-electron chi connectivity index (χ0n) is 12.3. The van der Waals surface area contributed by atoms with E-state index in [1.807, 2.05) is 0 Å². The van der Waals surface area contributed by atoms with Crippen LogP contribution in [0.1, 0.15) is 20.3 Å². The van der Waals surface area contributed by atoms with Gasteiger partial charge >= 0.3 is 0 Å². The van der Waals surface area contributed by atoms with Gasteiger partial charge in [0.15, 0.2) is 6.04 Å². The summed E-state index contributed by atoms with van der Waals surface area (Å²) in [7, 11) is 2.87. The van der Waals surface area contributed by atoms with Gasteiger partial charge in [-0.15, -0.1) is 0 Å². The Morgan fingerprint density at radius 3 is 1.95 bits per heavy atom. The van der Waals surface area contributed by atoms with Gasteiger partial charge in [0.2, 0.25) is 17.7 Å². The summed E-state index contributed by atoms with van der Waals surface area (Å²) in [6.45, 7) is 4.55. The average molecular weight is 286 g/mol. The minimum atomic E-state index is -1.46. The highest BCUT2D eigenvalue weighted by molar-refractivity contribution is 6.07. The van der Waals surface area contributed by atoms with Gasteiger partial charge in [-0.05, 0) is 13.8 Å². The van der Waals surface area contributed by atoms with Crippen molar-refractivity contribution in [1.82, 2.24) is 15.1 Å². The lowest BCUT2D eigenvalue weighted by Gasteiger charge is -2.21. The number of carbonyl (C=O) groups is 4. The molecule has 114 valence electrons. The summed E-state index contributed by atoms with van der Waals surface area (Å²) in [5, 5.41) is 2.18. The number of primary amides is 1. The van der Waals surface area contributed by atoms with Crippen molar-refractivity contribution in [2.45, 2.75) is 26.3 Å². The predicted octanol–water partition coefficient (Wildman–Crippen LogP) is -1.70. The van der Waals surface area contributed by atoms with E-state index in [4.69, 9.17) is 5.73 Å². The second kappa shape index (κ2) is 8.13. The van der Waals surface area contributed by atoms with Crippen molar-refractivity contribution in [2.24, 2.45) is 5.73 Å². The average Bonchev–Trinajstić information content (AvgIpc) is 2.36. The summed E-state index contributed by atoms with van der Waals surface area (Å²) >= 11 is 0. The van der Waals surface area contributed by atoms with Crippen molar-refractivity contribution in [3.63, 3.8) is 0 Å². The number of amides is 4. The van der Waals surface area contributed by atoms with Crippen LogP contribution >= 0.6 is 0 Å². The second-order valence-electron chi connectivity index (χ2n) is 4.38. The van der Waals surface area contributed by atoms with E-state index in [9.17, 15) is 19.2 Å². The highest BCUT2D eigenvalue weighted by Crippen LogP contribution is 1.96. The van der Waals surface area contributed by atoms with Gasteiger partial charge in [0.25, 0.3) is 5.91 Å². The molecule has 0 aromatic rings. The molecule has 0 aromatic carbocycles. The third kappa shape index (κ3) is 5.25. The van der Waals surface area contributed by atoms with Gasteiger partial charge in [0.1, 0.15) is 6.42 Å². The van der Waals surface area contributed by atoms with Crippen molar-refractivity contribution in [1.29, 1.82) is 0 Å². The van der Waals surface area contributed by atoms with E-state index in [1.54, 1.807) is 13.8 Å². The van der Waals surface area contributed by atoms with Crippen LogP contribution in [0.4, 0.5) is 0 Å². The molecular weight excluding hydrogens is 264 g/mol. The molecule has 0 spiro atoms. The van der Waals surface area contributed by atoms with E-state index in [-0.39, 0.29) is 5.91 Å². The van der Waals surface area contributed by atoms with Gasteiger partial charge in [0.05, 0.1) is 0 Å². The van der Waals surface area contributed by atoms with Crippen molar-refractivity contribution >= 4 is 23.6 Å². The molecule has 0 heterocycles.